The first-order valence-corrected chi connectivity index (χ1v) is 5.99. The van der Waals surface area contributed by atoms with Gasteiger partial charge in [0.25, 0.3) is 0 Å². The van der Waals surface area contributed by atoms with E-state index in [1.165, 1.54) is 0 Å². The Bertz CT molecular complexity index is 382. The van der Waals surface area contributed by atoms with Crippen LogP contribution in [0.15, 0.2) is 30.3 Å². The van der Waals surface area contributed by atoms with E-state index < -0.39 is 12.2 Å². The molecule has 0 radical (unpaired) electrons. The Morgan fingerprint density at radius 2 is 2.22 bits per heavy atom. The summed E-state index contributed by atoms with van der Waals surface area (Å²) in [4.78, 5) is 11.5. The Morgan fingerprint density at radius 3 is 2.94 bits per heavy atom. The standard InChI is InChI=1S/C13H17NO4/c15-12-9-17-7-6-11(12)14-13(16)18-8-10-4-2-1-3-5-10/h1-5,11-12,15H,6-9H2,(H,14,16)/t11-,12-/m0/s1. The van der Waals surface area contributed by atoms with E-state index >= 15 is 0 Å². The zero-order valence-corrected chi connectivity index (χ0v) is 10.0. The van der Waals surface area contributed by atoms with Gasteiger partial charge in [-0.3, -0.25) is 0 Å². The zero-order chi connectivity index (χ0) is 12.8. The molecule has 5 nitrogen and oxygen atoms in total. The lowest BCUT2D eigenvalue weighted by atomic mass is 10.1. The van der Waals surface area contributed by atoms with Crippen LogP contribution in [0.4, 0.5) is 4.79 Å². The van der Waals surface area contributed by atoms with Crippen molar-refractivity contribution in [2.75, 3.05) is 13.2 Å². The van der Waals surface area contributed by atoms with Crippen molar-refractivity contribution in [3.05, 3.63) is 35.9 Å². The molecule has 1 saturated heterocycles. The van der Waals surface area contributed by atoms with Gasteiger partial charge in [0.2, 0.25) is 0 Å². The molecule has 2 atom stereocenters. The summed E-state index contributed by atoms with van der Waals surface area (Å²) in [5.41, 5.74) is 0.931. The van der Waals surface area contributed by atoms with Gasteiger partial charge >= 0.3 is 6.09 Å². The van der Waals surface area contributed by atoms with E-state index in [-0.39, 0.29) is 19.3 Å². The molecule has 98 valence electrons. The monoisotopic (exact) mass is 251 g/mol. The average molecular weight is 251 g/mol. The van der Waals surface area contributed by atoms with E-state index in [2.05, 4.69) is 5.32 Å². The fourth-order valence-electron chi connectivity index (χ4n) is 1.81. The number of aliphatic hydroxyl groups is 1. The molecule has 0 saturated carbocycles. The van der Waals surface area contributed by atoms with Crippen LogP contribution in [0.5, 0.6) is 0 Å². The number of hydrogen-bond acceptors (Lipinski definition) is 4. The normalized spacial score (nSPS) is 23.4. The smallest absolute Gasteiger partial charge is 0.407 e. The minimum absolute atomic E-state index is 0.228. The van der Waals surface area contributed by atoms with Gasteiger partial charge in [0.05, 0.1) is 18.8 Å². The third-order valence-corrected chi connectivity index (χ3v) is 2.84. The summed E-state index contributed by atoms with van der Waals surface area (Å²) in [6, 6.07) is 9.16. The highest BCUT2D eigenvalue weighted by atomic mass is 16.5. The molecule has 1 heterocycles. The molecule has 18 heavy (non-hydrogen) atoms. The second-order valence-corrected chi connectivity index (χ2v) is 4.24. The van der Waals surface area contributed by atoms with Crippen molar-refractivity contribution in [3.8, 4) is 0 Å². The fourth-order valence-corrected chi connectivity index (χ4v) is 1.81. The molecule has 0 bridgehead atoms. The minimum Gasteiger partial charge on any atom is -0.445 e. The number of carbonyl (C=O) groups is 1. The number of benzene rings is 1. The van der Waals surface area contributed by atoms with Crippen LogP contribution in [0, 0.1) is 0 Å². The highest BCUT2D eigenvalue weighted by Gasteiger charge is 2.25. The van der Waals surface area contributed by atoms with Crippen LogP contribution < -0.4 is 5.32 Å². The summed E-state index contributed by atoms with van der Waals surface area (Å²) in [6.07, 6.45) is -0.574. The molecule has 1 amide bonds. The summed E-state index contributed by atoms with van der Waals surface area (Å²) in [6.45, 7) is 1.02. The van der Waals surface area contributed by atoms with E-state index in [4.69, 9.17) is 9.47 Å². The third kappa shape index (κ3) is 3.72. The Morgan fingerprint density at radius 1 is 1.44 bits per heavy atom. The average Bonchev–Trinajstić information content (AvgIpc) is 2.40. The van der Waals surface area contributed by atoms with Gasteiger partial charge in [0, 0.05) is 6.61 Å². The molecule has 0 unspecified atom stereocenters. The Balaban J connectivity index is 1.75. The maximum atomic E-state index is 11.5. The number of nitrogens with one attached hydrogen (secondary N) is 1. The van der Waals surface area contributed by atoms with Crippen molar-refractivity contribution in [2.45, 2.75) is 25.2 Å². The van der Waals surface area contributed by atoms with Crippen LogP contribution in [-0.2, 0) is 16.1 Å². The molecular weight excluding hydrogens is 234 g/mol. The number of aliphatic hydroxyl groups excluding tert-OH is 1. The number of alkyl carbamates (subject to hydrolysis) is 1. The van der Waals surface area contributed by atoms with Crippen molar-refractivity contribution >= 4 is 6.09 Å². The van der Waals surface area contributed by atoms with Crippen molar-refractivity contribution < 1.29 is 19.4 Å². The number of hydrogen-bond donors (Lipinski definition) is 2. The molecule has 0 aliphatic carbocycles. The SMILES string of the molecule is O=C(N[C@H]1CCOC[C@@H]1O)OCc1ccccc1. The van der Waals surface area contributed by atoms with Gasteiger partial charge in [-0.1, -0.05) is 30.3 Å². The molecule has 0 aromatic heterocycles. The second kappa shape index (κ2) is 6.37. The van der Waals surface area contributed by atoms with Gasteiger partial charge < -0.3 is 19.9 Å². The summed E-state index contributed by atoms with van der Waals surface area (Å²) in [5.74, 6) is 0. The Labute approximate surface area is 106 Å². The van der Waals surface area contributed by atoms with Crippen molar-refractivity contribution in [3.63, 3.8) is 0 Å². The van der Waals surface area contributed by atoms with Crippen molar-refractivity contribution in [2.24, 2.45) is 0 Å². The van der Waals surface area contributed by atoms with Gasteiger partial charge in [-0.2, -0.15) is 0 Å². The van der Waals surface area contributed by atoms with Gasteiger partial charge in [0.1, 0.15) is 6.61 Å². The van der Waals surface area contributed by atoms with E-state index in [1.54, 1.807) is 0 Å². The lowest BCUT2D eigenvalue weighted by Gasteiger charge is -2.27. The molecule has 5 heteroatoms. The predicted octanol–water partition coefficient (Wildman–Crippen LogP) is 1.06. The van der Waals surface area contributed by atoms with Crippen molar-refractivity contribution in [1.29, 1.82) is 0 Å². The molecule has 1 aliphatic rings. The summed E-state index contributed by atoms with van der Waals surface area (Å²) >= 11 is 0. The van der Waals surface area contributed by atoms with E-state index in [9.17, 15) is 9.90 Å². The van der Waals surface area contributed by atoms with E-state index in [1.807, 2.05) is 30.3 Å². The van der Waals surface area contributed by atoms with Crippen LogP contribution in [0.1, 0.15) is 12.0 Å². The van der Waals surface area contributed by atoms with Gasteiger partial charge in [-0.05, 0) is 12.0 Å². The highest BCUT2D eigenvalue weighted by molar-refractivity contribution is 5.67. The van der Waals surface area contributed by atoms with Gasteiger partial charge in [-0.25, -0.2) is 4.79 Å². The lowest BCUT2D eigenvalue weighted by Crippen LogP contribution is -2.48. The minimum atomic E-state index is -0.664. The molecular formula is C13H17NO4. The first kappa shape index (κ1) is 12.9. The molecule has 2 N–H and O–H groups in total. The molecule has 1 aliphatic heterocycles. The van der Waals surface area contributed by atoms with E-state index in [0.717, 1.165) is 5.56 Å². The predicted molar refractivity (Wildman–Crippen MR) is 65.0 cm³/mol. The van der Waals surface area contributed by atoms with Crippen LogP contribution in [-0.4, -0.2) is 36.6 Å². The molecule has 1 aromatic carbocycles. The molecule has 1 aromatic rings. The van der Waals surface area contributed by atoms with Crippen molar-refractivity contribution in [1.82, 2.24) is 5.32 Å². The molecule has 2 rings (SSSR count). The van der Waals surface area contributed by atoms with Crippen LogP contribution >= 0.6 is 0 Å². The largest absolute Gasteiger partial charge is 0.445 e. The zero-order valence-electron chi connectivity index (χ0n) is 10.0. The highest BCUT2D eigenvalue weighted by Crippen LogP contribution is 2.08. The quantitative estimate of drug-likeness (QED) is 0.843. The van der Waals surface area contributed by atoms with Gasteiger partial charge in [-0.15, -0.1) is 0 Å². The fraction of sp³-hybridized carbons (Fsp3) is 0.462. The first-order chi connectivity index (χ1) is 8.75. The molecule has 1 fully saturated rings. The second-order valence-electron chi connectivity index (χ2n) is 4.24. The number of ether oxygens (including phenoxy) is 2. The third-order valence-electron chi connectivity index (χ3n) is 2.84. The number of amides is 1. The summed E-state index contributed by atoms with van der Waals surface area (Å²) < 4.78 is 10.2. The summed E-state index contributed by atoms with van der Waals surface area (Å²) in [7, 11) is 0. The number of rotatable bonds is 3. The summed E-state index contributed by atoms with van der Waals surface area (Å²) in [5, 5.41) is 12.3. The van der Waals surface area contributed by atoms with Gasteiger partial charge in [0.15, 0.2) is 0 Å². The Hall–Kier alpha value is -1.59. The lowest BCUT2D eigenvalue weighted by molar-refractivity contribution is -0.0274. The number of carbonyl (C=O) groups excluding carboxylic acids is 1. The van der Waals surface area contributed by atoms with Crippen LogP contribution in [0.2, 0.25) is 0 Å². The first-order valence-electron chi connectivity index (χ1n) is 5.99. The van der Waals surface area contributed by atoms with Crippen LogP contribution in [0.25, 0.3) is 0 Å². The maximum Gasteiger partial charge on any atom is 0.407 e. The molecule has 0 spiro atoms. The van der Waals surface area contributed by atoms with E-state index in [0.29, 0.717) is 13.0 Å². The van der Waals surface area contributed by atoms with Crippen LogP contribution in [0.3, 0.4) is 0 Å². The topological polar surface area (TPSA) is 67.8 Å². The Kier molecular flexibility index (Phi) is 4.55. The maximum absolute atomic E-state index is 11.5.